The molecule has 4 aliphatic rings. The minimum absolute atomic E-state index is 0.0191. The Kier molecular flexibility index (Phi) is 7.24. The highest BCUT2D eigenvalue weighted by molar-refractivity contribution is 5.75. The molecule has 0 amide bonds. The Balaban J connectivity index is 1.38. The van der Waals surface area contributed by atoms with E-state index in [1.165, 1.54) is 12.5 Å². The first-order valence-corrected chi connectivity index (χ1v) is 13.5. The van der Waals surface area contributed by atoms with E-state index in [-0.39, 0.29) is 47.9 Å². The van der Waals surface area contributed by atoms with Crippen LogP contribution in [0.2, 0.25) is 0 Å². The van der Waals surface area contributed by atoms with E-state index in [2.05, 4.69) is 17.9 Å². The predicted molar refractivity (Wildman–Crippen MR) is 136 cm³/mol. The first-order valence-electron chi connectivity index (χ1n) is 13.5. The van der Waals surface area contributed by atoms with Gasteiger partial charge in [-0.15, -0.1) is 0 Å². The zero-order chi connectivity index (χ0) is 26.3. The van der Waals surface area contributed by atoms with Crippen LogP contribution in [-0.2, 0) is 25.5 Å². The maximum Gasteiger partial charge on any atom is 0.335 e. The molecule has 202 valence electrons. The average molecular weight is 514 g/mol. The van der Waals surface area contributed by atoms with Gasteiger partial charge in [0.1, 0.15) is 12.2 Å². The minimum atomic E-state index is -1.29. The normalized spacial score (nSPS) is 33.4. The molecule has 2 aliphatic carbocycles. The Morgan fingerprint density at radius 3 is 2.68 bits per heavy atom. The van der Waals surface area contributed by atoms with Crippen molar-refractivity contribution in [1.29, 1.82) is 0 Å². The van der Waals surface area contributed by atoms with Gasteiger partial charge in [-0.2, -0.15) is 0 Å². The Hall–Kier alpha value is -2.58. The number of piperidine rings is 1. The van der Waals surface area contributed by atoms with Gasteiger partial charge in [-0.1, -0.05) is 19.1 Å². The fraction of sp³-hybridized carbons (Fsp3) is 0.655. The van der Waals surface area contributed by atoms with Crippen molar-refractivity contribution in [3.63, 3.8) is 0 Å². The number of hydrogen-bond donors (Lipinski definition) is 1. The predicted octanol–water partition coefficient (Wildman–Crippen LogP) is 3.29. The van der Waals surface area contributed by atoms with Crippen LogP contribution in [0.1, 0.15) is 51.5 Å². The number of ether oxygens (including phenoxy) is 4. The van der Waals surface area contributed by atoms with Gasteiger partial charge < -0.3 is 24.1 Å². The third-order valence-corrected chi connectivity index (χ3v) is 9.03. The van der Waals surface area contributed by atoms with Crippen LogP contribution in [0.4, 0.5) is 0 Å². The van der Waals surface area contributed by atoms with Crippen LogP contribution in [0.3, 0.4) is 0 Å². The summed E-state index contributed by atoms with van der Waals surface area (Å²) in [7, 11) is 3.12. The molecular formula is C29H39NO7. The van der Waals surface area contributed by atoms with E-state index < -0.39 is 12.1 Å². The maximum atomic E-state index is 13.2. The van der Waals surface area contributed by atoms with Crippen LogP contribution in [0.25, 0.3) is 0 Å². The Labute approximate surface area is 218 Å². The summed E-state index contributed by atoms with van der Waals surface area (Å²) in [6.07, 6.45) is 5.18. The number of hydrogen-bond acceptors (Lipinski definition) is 8. The molecule has 2 saturated carbocycles. The van der Waals surface area contributed by atoms with E-state index in [1.54, 1.807) is 26.4 Å². The van der Waals surface area contributed by atoms with Gasteiger partial charge in [0.15, 0.2) is 17.6 Å². The number of esters is 2. The standard InChI is InChI=1S/C29H39NO7/c1-17-16-29-21-7-5-11-30(29)12-6-8-22(29)25(15-20(21)27(17)36-18(2)31)37-28(33)23(32)13-19-9-10-24(34-3)26(14-19)35-4/h7,9-10,14,17,20,22-23,25,27,32H,5-6,8,11-13,15-16H2,1-4H3/t17-,20+,22+,23+,25+,27+,29-/m1/s1. The van der Waals surface area contributed by atoms with Gasteiger partial charge in [0.2, 0.25) is 0 Å². The summed E-state index contributed by atoms with van der Waals surface area (Å²) in [5, 5.41) is 10.8. The third-order valence-electron chi connectivity index (χ3n) is 9.03. The van der Waals surface area contributed by atoms with E-state index >= 15 is 0 Å². The van der Waals surface area contributed by atoms with Crippen molar-refractivity contribution in [1.82, 2.24) is 4.90 Å². The Morgan fingerprint density at radius 1 is 1.16 bits per heavy atom. The Bertz CT molecular complexity index is 1070. The third kappa shape index (κ3) is 4.52. The molecule has 0 aromatic heterocycles. The van der Waals surface area contributed by atoms with Crippen LogP contribution in [-0.4, -0.2) is 73.1 Å². The number of carbonyl (C=O) groups is 2. The second-order valence-corrected chi connectivity index (χ2v) is 11.1. The Morgan fingerprint density at radius 2 is 1.95 bits per heavy atom. The molecule has 2 heterocycles. The summed E-state index contributed by atoms with van der Waals surface area (Å²) < 4.78 is 22.6. The second-order valence-electron chi connectivity index (χ2n) is 11.1. The topological polar surface area (TPSA) is 94.5 Å². The summed E-state index contributed by atoms with van der Waals surface area (Å²) in [6.45, 7) is 5.69. The molecule has 1 aromatic carbocycles. The molecule has 3 fully saturated rings. The zero-order valence-corrected chi connectivity index (χ0v) is 22.3. The van der Waals surface area contributed by atoms with Crippen LogP contribution in [0.15, 0.2) is 29.8 Å². The van der Waals surface area contributed by atoms with Crippen LogP contribution in [0.5, 0.6) is 11.5 Å². The molecule has 1 spiro atoms. The highest BCUT2D eigenvalue weighted by Gasteiger charge is 2.63. The van der Waals surface area contributed by atoms with Crippen molar-refractivity contribution in [3.05, 3.63) is 35.4 Å². The van der Waals surface area contributed by atoms with E-state index in [0.717, 1.165) is 44.3 Å². The number of aliphatic hydroxyl groups is 1. The van der Waals surface area contributed by atoms with Crippen molar-refractivity contribution < 1.29 is 33.6 Å². The van der Waals surface area contributed by atoms with Gasteiger partial charge in [0, 0.05) is 37.3 Å². The first kappa shape index (κ1) is 26.0. The molecule has 7 atom stereocenters. The highest BCUT2D eigenvalue weighted by atomic mass is 16.6. The second kappa shape index (κ2) is 10.3. The number of benzene rings is 1. The van der Waals surface area contributed by atoms with Crippen LogP contribution < -0.4 is 9.47 Å². The van der Waals surface area contributed by atoms with Gasteiger partial charge in [-0.3, -0.25) is 9.69 Å². The largest absolute Gasteiger partial charge is 0.493 e. The fourth-order valence-corrected chi connectivity index (χ4v) is 7.72. The molecule has 5 rings (SSSR count). The van der Waals surface area contributed by atoms with Crippen LogP contribution >= 0.6 is 0 Å². The quantitative estimate of drug-likeness (QED) is 0.439. The molecule has 1 saturated heterocycles. The van der Waals surface area contributed by atoms with Crippen molar-refractivity contribution in [3.8, 4) is 11.5 Å². The lowest BCUT2D eigenvalue weighted by Crippen LogP contribution is -2.71. The SMILES string of the molecule is COc1ccc(C[C@H](O)C(=O)O[C@H]2C[C@H]3C4=CCCN5CCC[C@@H]2[C@@]45C[C@@H](C)[C@@H]3OC(C)=O)cc1OC. The summed E-state index contributed by atoms with van der Waals surface area (Å²) >= 11 is 0. The molecule has 0 radical (unpaired) electrons. The zero-order valence-electron chi connectivity index (χ0n) is 22.3. The summed E-state index contributed by atoms with van der Waals surface area (Å²) in [4.78, 5) is 27.8. The van der Waals surface area contributed by atoms with Crippen molar-refractivity contribution >= 4 is 11.9 Å². The van der Waals surface area contributed by atoms with Gasteiger partial charge in [-0.25, -0.2) is 4.79 Å². The molecule has 2 bridgehead atoms. The van der Waals surface area contributed by atoms with Crippen molar-refractivity contribution in [2.75, 3.05) is 27.3 Å². The molecule has 0 unspecified atom stereocenters. The lowest BCUT2D eigenvalue weighted by molar-refractivity contribution is -0.189. The van der Waals surface area contributed by atoms with E-state index in [1.807, 2.05) is 6.07 Å². The number of methoxy groups -OCH3 is 2. The van der Waals surface area contributed by atoms with Crippen molar-refractivity contribution in [2.24, 2.45) is 17.8 Å². The van der Waals surface area contributed by atoms with E-state index in [0.29, 0.717) is 17.9 Å². The molecule has 1 N–H and O–H groups in total. The van der Waals surface area contributed by atoms with Gasteiger partial charge in [0.25, 0.3) is 0 Å². The number of aliphatic hydroxyl groups excluding tert-OH is 1. The molecular weight excluding hydrogens is 474 g/mol. The fourth-order valence-electron chi connectivity index (χ4n) is 7.72. The molecule has 8 nitrogen and oxygen atoms in total. The lowest BCUT2D eigenvalue weighted by atomic mass is 9.51. The monoisotopic (exact) mass is 513 g/mol. The van der Waals surface area contributed by atoms with E-state index in [4.69, 9.17) is 18.9 Å². The molecule has 1 aromatic rings. The molecule has 2 aliphatic heterocycles. The molecule has 37 heavy (non-hydrogen) atoms. The summed E-state index contributed by atoms with van der Waals surface area (Å²) in [5.41, 5.74) is 1.98. The number of rotatable bonds is 7. The number of nitrogens with zero attached hydrogens (tertiary/aromatic N) is 1. The number of carbonyl (C=O) groups excluding carboxylic acids is 2. The summed E-state index contributed by atoms with van der Waals surface area (Å²) in [5.74, 6) is 0.667. The van der Waals surface area contributed by atoms with Gasteiger partial charge in [0.05, 0.1) is 14.2 Å². The van der Waals surface area contributed by atoms with Crippen molar-refractivity contribution in [2.45, 2.75) is 76.2 Å². The van der Waals surface area contributed by atoms with E-state index in [9.17, 15) is 14.7 Å². The lowest BCUT2D eigenvalue weighted by Gasteiger charge is -2.65. The minimum Gasteiger partial charge on any atom is -0.493 e. The highest BCUT2D eigenvalue weighted by Crippen LogP contribution is 2.59. The summed E-state index contributed by atoms with van der Waals surface area (Å²) in [6, 6.07) is 5.34. The average Bonchev–Trinajstić information content (AvgIpc) is 2.87. The van der Waals surface area contributed by atoms with Gasteiger partial charge >= 0.3 is 11.9 Å². The smallest absolute Gasteiger partial charge is 0.335 e. The maximum absolute atomic E-state index is 13.2. The van der Waals surface area contributed by atoms with Crippen LogP contribution in [0, 0.1) is 17.8 Å². The molecule has 8 heteroatoms. The van der Waals surface area contributed by atoms with Gasteiger partial charge in [-0.05, 0) is 67.8 Å². The first-order chi connectivity index (χ1) is 17.8.